The number of hydrogen-bond donors (Lipinski definition) is 2. The van der Waals surface area contributed by atoms with Crippen molar-refractivity contribution in [1.29, 1.82) is 0 Å². The van der Waals surface area contributed by atoms with Crippen LogP contribution in [0.15, 0.2) is 17.6 Å². The molecule has 6 heteroatoms. The van der Waals surface area contributed by atoms with Crippen LogP contribution >= 0.6 is 22.9 Å². The Morgan fingerprint density at radius 1 is 1.47 bits per heavy atom. The molecular weight excluding hydrogens is 256 g/mol. The molecule has 0 atom stereocenters. The standard InChI is InChI=1S/C11H13ClN4S/c1-7-3-4-17-9(7)6-14-10-8(12)5-15-11(13-2)16-10/h3-5H,6H2,1-2H3,(H2,13,14,15,16). The summed E-state index contributed by atoms with van der Waals surface area (Å²) in [6, 6.07) is 2.10. The van der Waals surface area contributed by atoms with E-state index in [0.717, 1.165) is 6.54 Å². The molecule has 0 aliphatic heterocycles. The average molecular weight is 269 g/mol. The fourth-order valence-corrected chi connectivity index (χ4v) is 2.36. The quantitative estimate of drug-likeness (QED) is 0.894. The summed E-state index contributed by atoms with van der Waals surface area (Å²) in [5, 5.41) is 8.70. The van der Waals surface area contributed by atoms with E-state index in [4.69, 9.17) is 11.6 Å². The van der Waals surface area contributed by atoms with Crippen molar-refractivity contribution in [2.24, 2.45) is 0 Å². The molecule has 2 aromatic rings. The van der Waals surface area contributed by atoms with E-state index in [1.807, 2.05) is 0 Å². The van der Waals surface area contributed by atoms with Crippen LogP contribution in [-0.4, -0.2) is 17.0 Å². The number of aryl methyl sites for hydroxylation is 1. The molecule has 0 bridgehead atoms. The second-order valence-electron chi connectivity index (χ2n) is 3.52. The number of nitrogens with zero attached hydrogens (tertiary/aromatic N) is 2. The molecular formula is C11H13ClN4S. The maximum absolute atomic E-state index is 6.02. The number of halogens is 1. The zero-order chi connectivity index (χ0) is 12.3. The summed E-state index contributed by atoms with van der Waals surface area (Å²) in [6.45, 7) is 2.82. The van der Waals surface area contributed by atoms with Crippen molar-refractivity contribution in [3.8, 4) is 0 Å². The van der Waals surface area contributed by atoms with Gasteiger partial charge < -0.3 is 10.6 Å². The predicted octanol–water partition coefficient (Wildman–Crippen LogP) is 3.15. The first kappa shape index (κ1) is 12.1. The van der Waals surface area contributed by atoms with Gasteiger partial charge in [-0.25, -0.2) is 4.98 Å². The zero-order valence-electron chi connectivity index (χ0n) is 9.62. The van der Waals surface area contributed by atoms with Crippen molar-refractivity contribution in [1.82, 2.24) is 9.97 Å². The average Bonchev–Trinajstić information content (AvgIpc) is 2.74. The minimum Gasteiger partial charge on any atom is -0.364 e. The fourth-order valence-electron chi connectivity index (χ4n) is 1.36. The normalized spacial score (nSPS) is 10.3. The highest BCUT2D eigenvalue weighted by molar-refractivity contribution is 7.10. The van der Waals surface area contributed by atoms with Gasteiger partial charge >= 0.3 is 0 Å². The van der Waals surface area contributed by atoms with Crippen LogP contribution in [0.1, 0.15) is 10.4 Å². The van der Waals surface area contributed by atoms with E-state index in [1.165, 1.54) is 10.4 Å². The second-order valence-corrected chi connectivity index (χ2v) is 4.93. The van der Waals surface area contributed by atoms with E-state index in [2.05, 4.69) is 39.0 Å². The van der Waals surface area contributed by atoms with Crippen molar-refractivity contribution in [3.63, 3.8) is 0 Å². The van der Waals surface area contributed by atoms with Crippen molar-refractivity contribution < 1.29 is 0 Å². The van der Waals surface area contributed by atoms with Gasteiger partial charge in [-0.05, 0) is 23.9 Å². The van der Waals surface area contributed by atoms with E-state index in [-0.39, 0.29) is 0 Å². The molecule has 2 N–H and O–H groups in total. The number of anilines is 2. The van der Waals surface area contributed by atoms with E-state index >= 15 is 0 Å². The Bertz CT molecular complexity index is 512. The second kappa shape index (κ2) is 5.33. The Morgan fingerprint density at radius 2 is 2.29 bits per heavy atom. The minimum atomic E-state index is 0.526. The smallest absolute Gasteiger partial charge is 0.224 e. The molecule has 0 aliphatic rings. The topological polar surface area (TPSA) is 49.8 Å². The number of rotatable bonds is 4. The first-order chi connectivity index (χ1) is 8.20. The third-order valence-corrected chi connectivity index (χ3v) is 3.65. The van der Waals surface area contributed by atoms with E-state index in [9.17, 15) is 0 Å². The van der Waals surface area contributed by atoms with Crippen LogP contribution in [0.3, 0.4) is 0 Å². The van der Waals surface area contributed by atoms with E-state index < -0.39 is 0 Å². The molecule has 0 amide bonds. The summed E-state index contributed by atoms with van der Waals surface area (Å²) < 4.78 is 0. The van der Waals surface area contributed by atoms with Gasteiger partial charge in [0.15, 0.2) is 5.82 Å². The lowest BCUT2D eigenvalue weighted by atomic mass is 10.3. The Hall–Kier alpha value is -1.33. The van der Waals surface area contributed by atoms with Crippen LogP contribution in [0.5, 0.6) is 0 Å². The summed E-state index contributed by atoms with van der Waals surface area (Å²) in [5.41, 5.74) is 1.28. The molecule has 0 saturated carbocycles. The van der Waals surface area contributed by atoms with Gasteiger partial charge in [0.2, 0.25) is 5.95 Å². The summed E-state index contributed by atoms with van der Waals surface area (Å²) in [7, 11) is 1.77. The molecule has 0 fully saturated rings. The maximum atomic E-state index is 6.02. The summed E-state index contributed by atoms with van der Waals surface area (Å²) in [6.07, 6.45) is 1.59. The molecule has 90 valence electrons. The Balaban J connectivity index is 2.11. The highest BCUT2D eigenvalue weighted by Crippen LogP contribution is 2.22. The summed E-state index contributed by atoms with van der Waals surface area (Å²) >= 11 is 7.74. The zero-order valence-corrected chi connectivity index (χ0v) is 11.2. The van der Waals surface area contributed by atoms with Gasteiger partial charge in [0, 0.05) is 11.9 Å². The molecule has 0 saturated heterocycles. The Kier molecular flexibility index (Phi) is 3.81. The highest BCUT2D eigenvalue weighted by Gasteiger charge is 2.05. The number of aromatic nitrogens is 2. The summed E-state index contributed by atoms with van der Waals surface area (Å²) in [4.78, 5) is 9.57. The molecule has 0 spiro atoms. The third-order valence-electron chi connectivity index (χ3n) is 2.35. The maximum Gasteiger partial charge on any atom is 0.224 e. The van der Waals surface area contributed by atoms with Crippen LogP contribution in [0, 0.1) is 6.92 Å². The predicted molar refractivity (Wildman–Crippen MR) is 73.0 cm³/mol. The van der Waals surface area contributed by atoms with Gasteiger partial charge in [-0.2, -0.15) is 4.98 Å². The summed E-state index contributed by atoms with van der Waals surface area (Å²) in [5.74, 6) is 1.21. The molecule has 0 aliphatic carbocycles. The Labute approximate surface area is 109 Å². The minimum absolute atomic E-state index is 0.526. The van der Waals surface area contributed by atoms with Gasteiger partial charge in [-0.15, -0.1) is 11.3 Å². The van der Waals surface area contributed by atoms with Crippen LogP contribution in [0.2, 0.25) is 5.02 Å². The monoisotopic (exact) mass is 268 g/mol. The number of hydrogen-bond acceptors (Lipinski definition) is 5. The van der Waals surface area contributed by atoms with Gasteiger partial charge in [0.05, 0.1) is 12.7 Å². The molecule has 2 rings (SSSR count). The number of nitrogens with one attached hydrogen (secondary N) is 2. The molecule has 0 aromatic carbocycles. The van der Waals surface area contributed by atoms with Crippen LogP contribution in [0.25, 0.3) is 0 Å². The molecule has 4 nitrogen and oxygen atoms in total. The van der Waals surface area contributed by atoms with Gasteiger partial charge in [0.25, 0.3) is 0 Å². The molecule has 0 radical (unpaired) electrons. The van der Waals surface area contributed by atoms with Gasteiger partial charge in [-0.1, -0.05) is 11.6 Å². The molecule has 2 aromatic heterocycles. The molecule has 0 unspecified atom stereocenters. The van der Waals surface area contributed by atoms with E-state index in [0.29, 0.717) is 16.8 Å². The van der Waals surface area contributed by atoms with E-state index in [1.54, 1.807) is 24.6 Å². The van der Waals surface area contributed by atoms with Gasteiger partial charge in [-0.3, -0.25) is 0 Å². The lowest BCUT2D eigenvalue weighted by Gasteiger charge is -2.08. The third kappa shape index (κ3) is 2.87. The fraction of sp³-hybridized carbons (Fsp3) is 0.273. The van der Waals surface area contributed by atoms with Crippen molar-refractivity contribution in [3.05, 3.63) is 33.1 Å². The largest absolute Gasteiger partial charge is 0.364 e. The highest BCUT2D eigenvalue weighted by atomic mass is 35.5. The van der Waals surface area contributed by atoms with Crippen molar-refractivity contribution in [2.75, 3.05) is 17.7 Å². The molecule has 17 heavy (non-hydrogen) atoms. The van der Waals surface area contributed by atoms with Crippen molar-refractivity contribution in [2.45, 2.75) is 13.5 Å². The Morgan fingerprint density at radius 3 is 2.94 bits per heavy atom. The molecule has 2 heterocycles. The van der Waals surface area contributed by atoms with Crippen LogP contribution in [0.4, 0.5) is 11.8 Å². The SMILES string of the molecule is CNc1ncc(Cl)c(NCc2sccc2C)n1. The first-order valence-electron chi connectivity index (χ1n) is 5.18. The van der Waals surface area contributed by atoms with Crippen molar-refractivity contribution >= 4 is 34.7 Å². The van der Waals surface area contributed by atoms with Crippen LogP contribution < -0.4 is 10.6 Å². The van der Waals surface area contributed by atoms with Crippen LogP contribution in [-0.2, 0) is 6.54 Å². The van der Waals surface area contributed by atoms with Gasteiger partial charge in [0.1, 0.15) is 5.02 Å². The first-order valence-corrected chi connectivity index (χ1v) is 6.43. The lowest BCUT2D eigenvalue weighted by Crippen LogP contribution is -2.04. The number of thiophene rings is 1. The lowest BCUT2D eigenvalue weighted by molar-refractivity contribution is 1.09.